The summed E-state index contributed by atoms with van der Waals surface area (Å²) in [5.41, 5.74) is 0. The molecule has 1 heterocycles. The molecule has 1 saturated heterocycles. The van der Waals surface area contributed by atoms with Gasteiger partial charge < -0.3 is 9.47 Å². The number of benzene rings is 1. The van der Waals surface area contributed by atoms with E-state index < -0.39 is 0 Å². The Balaban J connectivity index is 1.88. The monoisotopic (exact) mass is 288 g/mol. The minimum absolute atomic E-state index is 0.172. The van der Waals surface area contributed by atoms with Crippen LogP contribution in [0.25, 0.3) is 0 Å². The Morgan fingerprint density at radius 1 is 1.44 bits per heavy atom. The van der Waals surface area contributed by atoms with Crippen molar-refractivity contribution in [3.8, 4) is 5.75 Å². The van der Waals surface area contributed by atoms with Crippen molar-refractivity contribution in [1.29, 1.82) is 0 Å². The molecule has 0 amide bonds. The molecule has 0 spiro atoms. The third kappa shape index (κ3) is 3.19. The molecule has 1 fully saturated rings. The largest absolute Gasteiger partial charge is 0.490 e. The lowest BCUT2D eigenvalue weighted by Crippen LogP contribution is -2.25. The second-order valence-corrected chi connectivity index (χ2v) is 4.73. The summed E-state index contributed by atoms with van der Waals surface area (Å²) >= 11 is 3.27. The summed E-state index contributed by atoms with van der Waals surface area (Å²) in [6.07, 6.45) is 3.54. The van der Waals surface area contributed by atoms with Crippen LogP contribution in [0.5, 0.6) is 5.75 Å². The lowest BCUT2D eigenvalue weighted by Gasteiger charge is -2.22. The maximum Gasteiger partial charge on any atom is 0.133 e. The lowest BCUT2D eigenvalue weighted by molar-refractivity contribution is -0.0112. The number of hydrogen-bond acceptors (Lipinski definition) is 2. The quantitative estimate of drug-likeness (QED) is 0.847. The van der Waals surface area contributed by atoms with E-state index in [2.05, 4.69) is 15.9 Å². The van der Waals surface area contributed by atoms with Crippen LogP contribution in [0.3, 0.4) is 0 Å². The van der Waals surface area contributed by atoms with Crippen molar-refractivity contribution in [3.05, 3.63) is 28.5 Å². The summed E-state index contributed by atoms with van der Waals surface area (Å²) in [6.45, 7) is 1.35. The third-order valence-corrected chi connectivity index (χ3v) is 3.21. The molecule has 1 aliphatic rings. The van der Waals surface area contributed by atoms with Crippen molar-refractivity contribution >= 4 is 15.9 Å². The first-order valence-electron chi connectivity index (χ1n) is 5.45. The van der Waals surface area contributed by atoms with E-state index in [0.29, 0.717) is 16.8 Å². The summed E-state index contributed by atoms with van der Waals surface area (Å²) < 4.78 is 24.6. The number of ether oxygens (including phenoxy) is 2. The van der Waals surface area contributed by atoms with Crippen LogP contribution in [0.1, 0.15) is 19.3 Å². The highest BCUT2D eigenvalue weighted by molar-refractivity contribution is 9.10. The zero-order valence-corrected chi connectivity index (χ0v) is 10.5. The van der Waals surface area contributed by atoms with E-state index in [0.717, 1.165) is 19.4 Å². The zero-order valence-electron chi connectivity index (χ0n) is 8.92. The first-order valence-corrected chi connectivity index (χ1v) is 6.24. The maximum absolute atomic E-state index is 12.8. The summed E-state index contributed by atoms with van der Waals surface area (Å²) in [4.78, 5) is 0. The fourth-order valence-corrected chi connectivity index (χ4v) is 2.18. The van der Waals surface area contributed by atoms with Crippen molar-refractivity contribution in [2.45, 2.75) is 25.4 Å². The van der Waals surface area contributed by atoms with Gasteiger partial charge in [-0.05, 0) is 53.4 Å². The molecule has 4 heteroatoms. The van der Waals surface area contributed by atoms with Gasteiger partial charge in [0.2, 0.25) is 0 Å². The smallest absolute Gasteiger partial charge is 0.133 e. The second-order valence-electron chi connectivity index (χ2n) is 3.87. The summed E-state index contributed by atoms with van der Waals surface area (Å²) in [5.74, 6) is 0.392. The highest BCUT2D eigenvalue weighted by Gasteiger charge is 2.15. The molecule has 0 N–H and O–H groups in total. The van der Waals surface area contributed by atoms with Crippen LogP contribution in [-0.2, 0) is 4.74 Å². The Bertz CT molecular complexity index is 351. The Hall–Kier alpha value is -0.610. The summed E-state index contributed by atoms with van der Waals surface area (Å²) in [5, 5.41) is 0. The molecule has 1 aromatic carbocycles. The molecule has 0 aliphatic carbocycles. The molecular weight excluding hydrogens is 275 g/mol. The maximum atomic E-state index is 12.8. The van der Waals surface area contributed by atoms with Gasteiger partial charge in [-0.1, -0.05) is 0 Å². The van der Waals surface area contributed by atoms with Crippen LogP contribution in [-0.4, -0.2) is 19.3 Å². The highest BCUT2D eigenvalue weighted by Crippen LogP contribution is 2.26. The molecule has 0 radical (unpaired) electrons. The lowest BCUT2D eigenvalue weighted by atomic mass is 10.1. The molecular formula is C12H14BrFO2. The molecule has 0 bridgehead atoms. The zero-order chi connectivity index (χ0) is 11.4. The van der Waals surface area contributed by atoms with E-state index in [9.17, 15) is 4.39 Å². The van der Waals surface area contributed by atoms with E-state index >= 15 is 0 Å². The number of hydrogen-bond donors (Lipinski definition) is 0. The molecule has 88 valence electrons. The standard InChI is InChI=1S/C12H14BrFO2/c13-11-7-9(14)4-5-12(11)16-8-10-3-1-2-6-15-10/h4-5,7,10H,1-3,6,8H2. The Morgan fingerprint density at radius 2 is 2.31 bits per heavy atom. The van der Waals surface area contributed by atoms with Gasteiger partial charge in [0, 0.05) is 6.61 Å². The van der Waals surface area contributed by atoms with Crippen LogP contribution >= 0.6 is 15.9 Å². The van der Waals surface area contributed by atoms with E-state index in [1.54, 1.807) is 6.07 Å². The second kappa shape index (κ2) is 5.64. The highest BCUT2D eigenvalue weighted by atomic mass is 79.9. The van der Waals surface area contributed by atoms with Gasteiger partial charge in [0.25, 0.3) is 0 Å². The van der Waals surface area contributed by atoms with Gasteiger partial charge in [0.15, 0.2) is 0 Å². The molecule has 2 rings (SSSR count). The van der Waals surface area contributed by atoms with Gasteiger partial charge in [0.05, 0.1) is 10.6 Å². The van der Waals surface area contributed by atoms with Gasteiger partial charge >= 0.3 is 0 Å². The minimum Gasteiger partial charge on any atom is -0.490 e. The Labute approximate surface area is 103 Å². The summed E-state index contributed by atoms with van der Waals surface area (Å²) in [7, 11) is 0. The first-order chi connectivity index (χ1) is 7.75. The Kier molecular flexibility index (Phi) is 4.18. The molecule has 2 nitrogen and oxygen atoms in total. The molecule has 1 unspecified atom stereocenters. The van der Waals surface area contributed by atoms with Gasteiger partial charge in [-0.3, -0.25) is 0 Å². The van der Waals surface area contributed by atoms with Crippen molar-refractivity contribution in [3.63, 3.8) is 0 Å². The molecule has 1 atom stereocenters. The van der Waals surface area contributed by atoms with Crippen LogP contribution < -0.4 is 4.74 Å². The van der Waals surface area contributed by atoms with Crippen molar-refractivity contribution < 1.29 is 13.9 Å². The first kappa shape index (κ1) is 11.9. The topological polar surface area (TPSA) is 18.5 Å². The summed E-state index contributed by atoms with van der Waals surface area (Å²) in [6, 6.07) is 4.42. The van der Waals surface area contributed by atoms with Crippen LogP contribution in [0.4, 0.5) is 4.39 Å². The average molecular weight is 289 g/mol. The minimum atomic E-state index is -0.270. The van der Waals surface area contributed by atoms with Gasteiger partial charge in [-0.15, -0.1) is 0 Å². The number of rotatable bonds is 3. The van der Waals surface area contributed by atoms with Crippen LogP contribution in [0.15, 0.2) is 22.7 Å². The molecule has 1 aromatic rings. The molecule has 1 aliphatic heterocycles. The van der Waals surface area contributed by atoms with Crippen molar-refractivity contribution in [2.24, 2.45) is 0 Å². The Morgan fingerprint density at radius 3 is 3.00 bits per heavy atom. The van der Waals surface area contributed by atoms with Crippen LogP contribution in [0, 0.1) is 5.82 Å². The van der Waals surface area contributed by atoms with Crippen molar-refractivity contribution in [2.75, 3.05) is 13.2 Å². The predicted molar refractivity (Wildman–Crippen MR) is 63.2 cm³/mol. The van der Waals surface area contributed by atoms with E-state index in [1.807, 2.05) is 0 Å². The van der Waals surface area contributed by atoms with Crippen molar-refractivity contribution in [1.82, 2.24) is 0 Å². The normalized spacial score (nSPS) is 20.8. The van der Waals surface area contributed by atoms with Gasteiger partial charge in [-0.25, -0.2) is 4.39 Å². The molecule has 0 aromatic heterocycles. The SMILES string of the molecule is Fc1ccc(OCC2CCCCO2)c(Br)c1. The number of halogens is 2. The predicted octanol–water partition coefficient (Wildman–Crippen LogP) is 3.54. The average Bonchev–Trinajstić information content (AvgIpc) is 2.29. The third-order valence-electron chi connectivity index (χ3n) is 2.59. The van der Waals surface area contributed by atoms with E-state index in [-0.39, 0.29) is 11.9 Å². The molecule has 0 saturated carbocycles. The fraction of sp³-hybridized carbons (Fsp3) is 0.500. The van der Waals surface area contributed by atoms with E-state index in [4.69, 9.17) is 9.47 Å². The fourth-order valence-electron chi connectivity index (χ4n) is 1.71. The van der Waals surface area contributed by atoms with E-state index in [1.165, 1.54) is 18.6 Å². The van der Waals surface area contributed by atoms with Gasteiger partial charge in [-0.2, -0.15) is 0 Å². The van der Waals surface area contributed by atoms with Crippen LogP contribution in [0.2, 0.25) is 0 Å². The molecule has 16 heavy (non-hydrogen) atoms. The van der Waals surface area contributed by atoms with Gasteiger partial charge in [0.1, 0.15) is 18.2 Å².